The van der Waals surface area contributed by atoms with Crippen LogP contribution in [0.5, 0.6) is 0 Å². The Balaban J connectivity index is 2.71. The first-order valence-electron chi connectivity index (χ1n) is 5.46. The van der Waals surface area contributed by atoms with E-state index in [4.69, 9.17) is 5.84 Å². The van der Waals surface area contributed by atoms with Gasteiger partial charge in [0.05, 0.1) is 12.4 Å². The van der Waals surface area contributed by atoms with E-state index in [2.05, 4.69) is 20.1 Å². The second-order valence-corrected chi connectivity index (χ2v) is 7.24. The van der Waals surface area contributed by atoms with Crippen molar-refractivity contribution >= 4 is 26.8 Å². The van der Waals surface area contributed by atoms with Gasteiger partial charge >= 0.3 is 0 Å². The highest BCUT2D eigenvalue weighted by molar-refractivity contribution is 7.89. The van der Waals surface area contributed by atoms with Gasteiger partial charge in [-0.1, -0.05) is 0 Å². The topological polar surface area (TPSA) is 127 Å². The summed E-state index contributed by atoms with van der Waals surface area (Å²) in [6.45, 7) is 1.71. The zero-order chi connectivity index (χ0) is 14.5. The summed E-state index contributed by atoms with van der Waals surface area (Å²) >= 11 is 0. The molecule has 0 radical (unpaired) electrons. The highest BCUT2D eigenvalue weighted by Gasteiger charge is 2.18. The molecule has 0 bridgehead atoms. The molecule has 108 valence electrons. The first-order valence-corrected chi connectivity index (χ1v) is 8.67. The molecule has 1 aromatic heterocycles. The fraction of sp³-hybridized carbons (Fsp3) is 0.556. The Kier molecular flexibility index (Phi) is 5.79. The number of aromatic nitrogens is 2. The van der Waals surface area contributed by atoms with Gasteiger partial charge in [-0.05, 0) is 13.3 Å². The zero-order valence-electron chi connectivity index (χ0n) is 10.7. The van der Waals surface area contributed by atoms with Crippen LogP contribution >= 0.6 is 0 Å². The molecule has 1 heterocycles. The number of nitrogens with one attached hydrogen (secondary N) is 2. The van der Waals surface area contributed by atoms with Crippen molar-refractivity contribution in [1.29, 1.82) is 0 Å². The second kappa shape index (κ2) is 6.89. The number of anilines is 1. The van der Waals surface area contributed by atoms with Crippen molar-refractivity contribution in [2.75, 3.05) is 17.4 Å². The van der Waals surface area contributed by atoms with Gasteiger partial charge in [0.25, 0.3) is 0 Å². The lowest BCUT2D eigenvalue weighted by Gasteiger charge is -2.13. The van der Waals surface area contributed by atoms with E-state index in [1.165, 1.54) is 0 Å². The van der Waals surface area contributed by atoms with Crippen LogP contribution in [-0.2, 0) is 20.8 Å². The van der Waals surface area contributed by atoms with Crippen molar-refractivity contribution in [2.45, 2.75) is 24.3 Å². The van der Waals surface area contributed by atoms with Gasteiger partial charge in [-0.3, -0.25) is 9.63 Å². The summed E-state index contributed by atoms with van der Waals surface area (Å²) in [4.78, 5) is 7.41. The van der Waals surface area contributed by atoms with Crippen LogP contribution in [0.1, 0.15) is 13.3 Å². The molecule has 8 nitrogen and oxygen atoms in total. The molecule has 10 heteroatoms. The highest BCUT2D eigenvalue weighted by atomic mass is 32.2. The normalized spacial score (nSPS) is 14.9. The molecule has 2 unspecified atom stereocenters. The van der Waals surface area contributed by atoms with Crippen molar-refractivity contribution in [3.05, 3.63) is 12.4 Å². The van der Waals surface area contributed by atoms with Crippen LogP contribution in [0.15, 0.2) is 17.3 Å². The fourth-order valence-corrected chi connectivity index (χ4v) is 3.12. The molecule has 0 fully saturated rings. The quantitative estimate of drug-likeness (QED) is 0.444. The Labute approximate surface area is 114 Å². The second-order valence-electron chi connectivity index (χ2n) is 3.98. The van der Waals surface area contributed by atoms with Crippen LogP contribution in [0.4, 0.5) is 5.95 Å². The lowest BCUT2D eigenvalue weighted by atomic mass is 10.3. The lowest BCUT2D eigenvalue weighted by molar-refractivity contribution is 0.555. The molecule has 0 aliphatic rings. The van der Waals surface area contributed by atoms with Gasteiger partial charge in [-0.25, -0.2) is 29.0 Å². The number of nitrogens with zero attached hydrogens (tertiary/aromatic N) is 2. The molecule has 0 aromatic carbocycles. The third kappa shape index (κ3) is 5.19. The third-order valence-corrected chi connectivity index (χ3v) is 4.62. The number of hydrogen-bond donors (Lipinski definition) is 3. The molecular formula is C9H17N5O3S2. The number of hydrazine groups is 1. The van der Waals surface area contributed by atoms with E-state index in [-0.39, 0.29) is 16.9 Å². The molecule has 1 aromatic rings. The van der Waals surface area contributed by atoms with Crippen LogP contribution in [-0.4, -0.2) is 40.6 Å². The number of sulfonamides is 1. The minimum Gasteiger partial charge on any atom is -0.292 e. The summed E-state index contributed by atoms with van der Waals surface area (Å²) in [6.07, 6.45) is 4.39. The molecule has 0 saturated heterocycles. The Morgan fingerprint density at radius 2 is 2.00 bits per heavy atom. The predicted molar refractivity (Wildman–Crippen MR) is 73.2 cm³/mol. The van der Waals surface area contributed by atoms with Crippen LogP contribution in [0.25, 0.3) is 0 Å². The number of nitrogen functional groups attached to an aromatic ring is 1. The molecular weight excluding hydrogens is 290 g/mol. The highest BCUT2D eigenvalue weighted by Crippen LogP contribution is 2.08. The molecule has 19 heavy (non-hydrogen) atoms. The maximum Gasteiger partial charge on any atom is 0.243 e. The molecule has 0 saturated carbocycles. The van der Waals surface area contributed by atoms with Crippen LogP contribution in [0, 0.1) is 0 Å². The summed E-state index contributed by atoms with van der Waals surface area (Å²) in [5.74, 6) is 5.66. The largest absolute Gasteiger partial charge is 0.292 e. The van der Waals surface area contributed by atoms with Crippen LogP contribution in [0.3, 0.4) is 0 Å². The SMILES string of the molecule is CC(CCS(C)=O)NS(=O)(=O)c1cnc(NN)nc1. The van der Waals surface area contributed by atoms with Crippen molar-refractivity contribution in [3.63, 3.8) is 0 Å². The molecule has 1 rings (SSSR count). The first kappa shape index (κ1) is 16.0. The van der Waals surface area contributed by atoms with E-state index in [0.29, 0.717) is 12.2 Å². The van der Waals surface area contributed by atoms with E-state index in [1.807, 2.05) is 0 Å². The van der Waals surface area contributed by atoms with Crippen LogP contribution < -0.4 is 16.0 Å². The van der Waals surface area contributed by atoms with E-state index in [0.717, 1.165) is 12.4 Å². The van der Waals surface area contributed by atoms with Gasteiger partial charge in [-0.15, -0.1) is 0 Å². The van der Waals surface area contributed by atoms with Gasteiger partial charge in [0.15, 0.2) is 0 Å². The van der Waals surface area contributed by atoms with Gasteiger partial charge in [0, 0.05) is 28.9 Å². The molecule has 2 atom stereocenters. The Bertz CT molecular complexity index is 531. The smallest absolute Gasteiger partial charge is 0.243 e. The molecule has 0 aliphatic carbocycles. The third-order valence-electron chi connectivity index (χ3n) is 2.26. The number of rotatable bonds is 7. The average molecular weight is 307 g/mol. The summed E-state index contributed by atoms with van der Waals surface area (Å²) in [5.41, 5.74) is 2.21. The van der Waals surface area contributed by atoms with E-state index >= 15 is 0 Å². The minimum atomic E-state index is -3.67. The van der Waals surface area contributed by atoms with E-state index < -0.39 is 20.8 Å². The van der Waals surface area contributed by atoms with Crippen molar-refractivity contribution < 1.29 is 12.6 Å². The van der Waals surface area contributed by atoms with Gasteiger partial charge in [0.1, 0.15) is 4.90 Å². The minimum absolute atomic E-state index is 0.0454. The maximum atomic E-state index is 12.0. The van der Waals surface area contributed by atoms with E-state index in [9.17, 15) is 12.6 Å². The molecule has 4 N–H and O–H groups in total. The van der Waals surface area contributed by atoms with Crippen molar-refractivity contribution in [1.82, 2.24) is 14.7 Å². The lowest BCUT2D eigenvalue weighted by Crippen LogP contribution is -2.33. The van der Waals surface area contributed by atoms with Gasteiger partial charge in [0.2, 0.25) is 16.0 Å². The summed E-state index contributed by atoms with van der Waals surface area (Å²) in [6, 6.07) is -0.318. The average Bonchev–Trinajstić information content (AvgIpc) is 2.36. The van der Waals surface area contributed by atoms with Crippen molar-refractivity contribution in [3.8, 4) is 0 Å². The monoisotopic (exact) mass is 307 g/mol. The summed E-state index contributed by atoms with van der Waals surface area (Å²) in [5, 5.41) is 0. The Morgan fingerprint density at radius 1 is 1.42 bits per heavy atom. The standard InChI is InChI=1S/C9H17N5O3S2/c1-7(3-4-18(2)15)14-19(16,17)8-5-11-9(13-10)12-6-8/h5-7,14H,3-4,10H2,1-2H3,(H,11,12,13). The molecule has 0 spiro atoms. The van der Waals surface area contributed by atoms with E-state index in [1.54, 1.807) is 13.2 Å². The first-order chi connectivity index (χ1) is 8.85. The molecule has 0 aliphatic heterocycles. The van der Waals surface area contributed by atoms with Crippen LogP contribution in [0.2, 0.25) is 0 Å². The number of nitrogens with two attached hydrogens (primary N) is 1. The predicted octanol–water partition coefficient (Wildman–Crippen LogP) is -0.802. The van der Waals surface area contributed by atoms with Gasteiger partial charge in [-0.2, -0.15) is 0 Å². The molecule has 0 amide bonds. The fourth-order valence-electron chi connectivity index (χ4n) is 1.26. The van der Waals surface area contributed by atoms with Gasteiger partial charge < -0.3 is 0 Å². The number of hydrogen-bond acceptors (Lipinski definition) is 7. The zero-order valence-corrected chi connectivity index (χ0v) is 12.3. The Morgan fingerprint density at radius 3 is 2.47 bits per heavy atom. The Hall–Kier alpha value is -1.10. The maximum absolute atomic E-state index is 12.0. The summed E-state index contributed by atoms with van der Waals surface area (Å²) in [7, 11) is -4.62. The van der Waals surface area contributed by atoms with Crippen molar-refractivity contribution in [2.24, 2.45) is 5.84 Å². The summed E-state index contributed by atoms with van der Waals surface area (Å²) < 4.78 is 37.4.